The molecule has 3 aromatic carbocycles. The Morgan fingerprint density at radius 3 is 1.89 bits per heavy atom. The number of carboxylic acids is 1. The van der Waals surface area contributed by atoms with Crippen molar-refractivity contribution < 1.29 is 28.9 Å². The number of fused-ring (bicyclic) bond motifs is 3. The maximum atomic E-state index is 12.8. The zero-order valence-electron chi connectivity index (χ0n) is 20.5. The fourth-order valence-electron chi connectivity index (χ4n) is 4.64. The molecule has 7 nitrogen and oxygen atoms in total. The van der Waals surface area contributed by atoms with Crippen LogP contribution in [-0.2, 0) is 19.0 Å². The minimum Gasteiger partial charge on any atom is -0.481 e. The molecule has 0 unspecified atom stereocenters. The van der Waals surface area contributed by atoms with Crippen LogP contribution in [0.5, 0.6) is 0 Å². The first-order valence-electron chi connectivity index (χ1n) is 12.2. The average Bonchev–Trinajstić information content (AvgIpc) is 3.20. The van der Waals surface area contributed by atoms with Crippen LogP contribution in [0.1, 0.15) is 60.8 Å². The second-order valence-electron chi connectivity index (χ2n) is 8.53. The van der Waals surface area contributed by atoms with Gasteiger partial charge in [0.15, 0.2) is 6.29 Å². The van der Waals surface area contributed by atoms with E-state index in [-0.39, 0.29) is 18.9 Å². The molecule has 4 rings (SSSR count). The van der Waals surface area contributed by atoms with Crippen molar-refractivity contribution in [2.24, 2.45) is 0 Å². The maximum Gasteiger partial charge on any atom is 0.407 e. The van der Waals surface area contributed by atoms with E-state index in [9.17, 15) is 14.7 Å². The molecule has 1 amide bonds. The summed E-state index contributed by atoms with van der Waals surface area (Å²) in [6.07, 6.45) is -1.43. The predicted octanol–water partition coefficient (Wildman–Crippen LogP) is 5.81. The second-order valence-corrected chi connectivity index (χ2v) is 8.53. The Morgan fingerprint density at radius 2 is 1.36 bits per heavy atom. The van der Waals surface area contributed by atoms with Gasteiger partial charge in [0.2, 0.25) is 0 Å². The normalized spacial score (nSPS) is 13.2. The SMILES string of the molecule is CCOC(OCC)c1ccc([C@H](CC(=O)O)NC(=O)OCC2c3ccccc3-c3ccccc32)cc1. The van der Waals surface area contributed by atoms with Gasteiger partial charge in [-0.2, -0.15) is 0 Å². The van der Waals surface area contributed by atoms with Crippen LogP contribution >= 0.6 is 0 Å². The topological polar surface area (TPSA) is 94.1 Å². The highest BCUT2D eigenvalue weighted by molar-refractivity contribution is 5.79. The molecule has 0 bridgehead atoms. The summed E-state index contributed by atoms with van der Waals surface area (Å²) in [7, 11) is 0. The van der Waals surface area contributed by atoms with Crippen LogP contribution < -0.4 is 5.32 Å². The highest BCUT2D eigenvalue weighted by Crippen LogP contribution is 2.44. The van der Waals surface area contributed by atoms with Crippen molar-refractivity contribution in [3.8, 4) is 11.1 Å². The molecule has 0 radical (unpaired) electrons. The van der Waals surface area contributed by atoms with Gasteiger partial charge in [-0.3, -0.25) is 4.79 Å². The highest BCUT2D eigenvalue weighted by atomic mass is 16.7. The first-order valence-corrected chi connectivity index (χ1v) is 12.2. The van der Waals surface area contributed by atoms with Crippen LogP contribution in [0.25, 0.3) is 11.1 Å². The highest BCUT2D eigenvalue weighted by Gasteiger charge is 2.29. The summed E-state index contributed by atoms with van der Waals surface area (Å²) in [5.41, 5.74) is 5.98. The average molecular weight is 490 g/mol. The van der Waals surface area contributed by atoms with Crippen molar-refractivity contribution in [2.45, 2.75) is 38.5 Å². The third-order valence-electron chi connectivity index (χ3n) is 6.26. The Kier molecular flexibility index (Phi) is 8.36. The minimum atomic E-state index is -1.02. The molecule has 36 heavy (non-hydrogen) atoms. The molecule has 1 atom stereocenters. The van der Waals surface area contributed by atoms with Crippen LogP contribution in [0.2, 0.25) is 0 Å². The molecule has 0 heterocycles. The molecule has 7 heteroatoms. The summed E-state index contributed by atoms with van der Waals surface area (Å²) in [6, 6.07) is 22.6. The summed E-state index contributed by atoms with van der Waals surface area (Å²) in [4.78, 5) is 24.3. The number of carbonyl (C=O) groups excluding carboxylic acids is 1. The van der Waals surface area contributed by atoms with Crippen molar-refractivity contribution in [2.75, 3.05) is 19.8 Å². The summed E-state index contributed by atoms with van der Waals surface area (Å²) in [5, 5.41) is 12.2. The number of hydrogen-bond acceptors (Lipinski definition) is 5. The van der Waals surface area contributed by atoms with Crippen LogP contribution in [-0.4, -0.2) is 37.0 Å². The number of aliphatic carboxylic acids is 1. The number of benzene rings is 3. The molecule has 1 aliphatic rings. The third kappa shape index (κ3) is 5.75. The molecule has 0 spiro atoms. The van der Waals surface area contributed by atoms with Crippen molar-refractivity contribution in [1.29, 1.82) is 0 Å². The van der Waals surface area contributed by atoms with E-state index in [1.807, 2.05) is 62.4 Å². The number of amides is 1. The molecule has 0 saturated heterocycles. The van der Waals surface area contributed by atoms with Crippen LogP contribution in [0.4, 0.5) is 4.79 Å². The fraction of sp³-hybridized carbons (Fsp3) is 0.310. The quantitative estimate of drug-likeness (QED) is 0.330. The fourth-order valence-corrected chi connectivity index (χ4v) is 4.64. The molecule has 188 valence electrons. The molecular formula is C29H31NO6. The standard InChI is InChI=1S/C29H31NO6/c1-3-34-28(35-4-2)20-15-13-19(14-16-20)26(17-27(31)32)30-29(33)36-18-25-23-11-7-5-9-21(23)22-10-6-8-12-24(22)25/h5-16,25-26,28H,3-4,17-18H2,1-2H3,(H,30,33)(H,31,32)/t26-/m0/s1. The number of carboxylic acid groups (broad SMARTS) is 1. The van der Waals surface area contributed by atoms with Crippen LogP contribution in [0.15, 0.2) is 72.8 Å². The molecule has 0 fully saturated rings. The van der Waals surface area contributed by atoms with E-state index in [0.29, 0.717) is 18.8 Å². The summed E-state index contributed by atoms with van der Waals surface area (Å²) in [5.74, 6) is -1.10. The molecule has 2 N–H and O–H groups in total. The summed E-state index contributed by atoms with van der Waals surface area (Å²) >= 11 is 0. The largest absolute Gasteiger partial charge is 0.481 e. The van der Waals surface area contributed by atoms with Crippen molar-refractivity contribution in [1.82, 2.24) is 5.32 Å². The van der Waals surface area contributed by atoms with Gasteiger partial charge in [0.1, 0.15) is 6.61 Å². The van der Waals surface area contributed by atoms with Crippen LogP contribution in [0, 0.1) is 0 Å². The molecular weight excluding hydrogens is 458 g/mol. The monoisotopic (exact) mass is 489 g/mol. The van der Waals surface area contributed by atoms with Gasteiger partial charge in [0, 0.05) is 24.7 Å². The number of hydrogen-bond donors (Lipinski definition) is 2. The number of ether oxygens (including phenoxy) is 3. The molecule has 0 aromatic heterocycles. The summed E-state index contributed by atoms with van der Waals surface area (Å²) in [6.45, 7) is 4.93. The molecule has 0 aliphatic heterocycles. The first kappa shape index (κ1) is 25.4. The third-order valence-corrected chi connectivity index (χ3v) is 6.26. The lowest BCUT2D eigenvalue weighted by molar-refractivity contribution is -0.140. The minimum absolute atomic E-state index is 0.0746. The van der Waals surface area contributed by atoms with Crippen molar-refractivity contribution in [3.05, 3.63) is 95.1 Å². The van der Waals surface area contributed by atoms with Gasteiger partial charge >= 0.3 is 12.1 Å². The van der Waals surface area contributed by atoms with Gasteiger partial charge < -0.3 is 24.6 Å². The second kappa shape index (κ2) is 11.8. The Labute approximate surface area is 211 Å². The van der Waals surface area contributed by atoms with Gasteiger partial charge in [-0.25, -0.2) is 4.79 Å². The van der Waals surface area contributed by atoms with E-state index in [0.717, 1.165) is 27.8 Å². The Balaban J connectivity index is 1.44. The zero-order valence-corrected chi connectivity index (χ0v) is 20.5. The van der Waals surface area contributed by atoms with Gasteiger partial charge in [0.05, 0.1) is 12.5 Å². The Morgan fingerprint density at radius 1 is 0.833 bits per heavy atom. The first-order chi connectivity index (χ1) is 17.5. The molecule has 1 aliphatic carbocycles. The lowest BCUT2D eigenvalue weighted by Crippen LogP contribution is -2.31. The lowest BCUT2D eigenvalue weighted by atomic mass is 9.98. The number of alkyl carbamates (subject to hydrolysis) is 1. The lowest BCUT2D eigenvalue weighted by Gasteiger charge is -2.21. The zero-order chi connectivity index (χ0) is 25.5. The van der Waals surface area contributed by atoms with Gasteiger partial charge in [-0.1, -0.05) is 72.8 Å². The Bertz CT molecular complexity index is 1140. The smallest absolute Gasteiger partial charge is 0.407 e. The van der Waals surface area contributed by atoms with E-state index in [1.54, 1.807) is 12.1 Å². The number of rotatable bonds is 11. The van der Waals surface area contributed by atoms with E-state index >= 15 is 0 Å². The summed E-state index contributed by atoms with van der Waals surface area (Å²) < 4.78 is 16.9. The van der Waals surface area contributed by atoms with Gasteiger partial charge in [-0.15, -0.1) is 0 Å². The van der Waals surface area contributed by atoms with Gasteiger partial charge in [-0.05, 0) is 41.7 Å². The molecule has 3 aromatic rings. The van der Waals surface area contributed by atoms with Crippen molar-refractivity contribution in [3.63, 3.8) is 0 Å². The van der Waals surface area contributed by atoms with Gasteiger partial charge in [0.25, 0.3) is 0 Å². The van der Waals surface area contributed by atoms with Crippen molar-refractivity contribution >= 4 is 12.1 Å². The predicted molar refractivity (Wildman–Crippen MR) is 136 cm³/mol. The van der Waals surface area contributed by atoms with E-state index < -0.39 is 24.4 Å². The maximum absolute atomic E-state index is 12.8. The number of carbonyl (C=O) groups is 2. The van der Waals surface area contributed by atoms with E-state index in [1.165, 1.54) is 0 Å². The van der Waals surface area contributed by atoms with E-state index in [2.05, 4.69) is 17.4 Å². The van der Waals surface area contributed by atoms with Crippen LogP contribution in [0.3, 0.4) is 0 Å². The Hall–Kier alpha value is -3.68. The molecule has 0 saturated carbocycles. The van der Waals surface area contributed by atoms with E-state index in [4.69, 9.17) is 14.2 Å². The number of nitrogens with one attached hydrogen (secondary N) is 1.